The fraction of sp³-hybridized carbons (Fsp3) is 0.450. The van der Waals surface area contributed by atoms with Crippen molar-refractivity contribution in [2.45, 2.75) is 32.4 Å². The average molecular weight is 385 g/mol. The highest BCUT2D eigenvalue weighted by Gasteiger charge is 2.14. The van der Waals surface area contributed by atoms with Gasteiger partial charge in [-0.1, -0.05) is 35.8 Å². The summed E-state index contributed by atoms with van der Waals surface area (Å²) in [6.45, 7) is 3.00. The van der Waals surface area contributed by atoms with Gasteiger partial charge in [0.15, 0.2) is 12.4 Å². The Kier molecular flexibility index (Phi) is 6.30. The molecule has 3 rings (SSSR count). The third-order valence-electron chi connectivity index (χ3n) is 5.14. The quantitative estimate of drug-likeness (QED) is 0.453. The van der Waals surface area contributed by atoms with E-state index in [1.807, 2.05) is 18.2 Å². The Bertz CT molecular complexity index is 971. The van der Waals surface area contributed by atoms with E-state index in [2.05, 4.69) is 16.1 Å². The molecule has 1 aliphatic heterocycles. The van der Waals surface area contributed by atoms with Crippen molar-refractivity contribution in [3.8, 4) is 0 Å². The largest absolute Gasteiger partial charge is 0.388 e. The number of rotatable bonds is 6. The average Bonchev–Trinajstić information content (AvgIpc) is 2.71. The van der Waals surface area contributed by atoms with Gasteiger partial charge >= 0.3 is 5.69 Å². The predicted molar refractivity (Wildman–Crippen MR) is 108 cm³/mol. The minimum Gasteiger partial charge on any atom is -0.388 e. The van der Waals surface area contributed by atoms with Crippen LogP contribution in [0.3, 0.4) is 0 Å². The smallest absolute Gasteiger partial charge is 0.330 e. The summed E-state index contributed by atoms with van der Waals surface area (Å²) in [6.07, 6.45) is 3.74. The molecule has 8 nitrogen and oxygen atoms in total. The van der Waals surface area contributed by atoms with Gasteiger partial charge in [0.2, 0.25) is 0 Å². The highest BCUT2D eigenvalue weighted by Crippen LogP contribution is 2.16. The van der Waals surface area contributed by atoms with Crippen molar-refractivity contribution >= 4 is 5.84 Å². The van der Waals surface area contributed by atoms with Gasteiger partial charge < -0.3 is 10.6 Å². The third kappa shape index (κ3) is 4.51. The van der Waals surface area contributed by atoms with E-state index in [1.165, 1.54) is 36.9 Å². The molecule has 0 bridgehead atoms. The lowest BCUT2D eigenvalue weighted by molar-refractivity contribution is 0.124. The maximum absolute atomic E-state index is 12.0. The van der Waals surface area contributed by atoms with Crippen molar-refractivity contribution in [2.75, 3.05) is 13.1 Å². The van der Waals surface area contributed by atoms with Crippen LogP contribution in [0.15, 0.2) is 45.1 Å². The number of likely N-dealkylation sites (tertiary alicyclic amines) is 1. The molecule has 0 spiro atoms. The van der Waals surface area contributed by atoms with Crippen LogP contribution < -0.4 is 17.0 Å². The molecule has 28 heavy (non-hydrogen) atoms. The molecule has 1 aliphatic rings. The number of benzene rings is 1. The molecule has 2 heterocycles. The summed E-state index contributed by atoms with van der Waals surface area (Å²) < 4.78 is 2.40. The first kappa shape index (κ1) is 19.9. The van der Waals surface area contributed by atoms with Gasteiger partial charge in [0.25, 0.3) is 5.56 Å². The van der Waals surface area contributed by atoms with Crippen LogP contribution in [0.5, 0.6) is 0 Å². The molecule has 2 N–H and O–H groups in total. The molecule has 0 amide bonds. The molecule has 1 aromatic carbocycles. The number of piperidine rings is 1. The summed E-state index contributed by atoms with van der Waals surface area (Å²) in [6, 6.07) is 9.25. The lowest BCUT2D eigenvalue weighted by Gasteiger charge is -2.27. The van der Waals surface area contributed by atoms with Crippen LogP contribution in [-0.2, 0) is 32.1 Å². The number of nitrogens with two attached hydrogens (primary N) is 1. The normalized spacial score (nSPS) is 15.6. The van der Waals surface area contributed by atoms with E-state index in [-0.39, 0.29) is 18.0 Å². The molecule has 0 saturated carbocycles. The van der Waals surface area contributed by atoms with E-state index in [1.54, 1.807) is 7.05 Å². The lowest BCUT2D eigenvalue weighted by Crippen LogP contribution is -2.38. The number of hydrogen-bond donors (Lipinski definition) is 1. The van der Waals surface area contributed by atoms with Crippen molar-refractivity contribution in [3.63, 3.8) is 0 Å². The van der Waals surface area contributed by atoms with E-state index in [4.69, 9.17) is 10.6 Å². The molecule has 1 aromatic heterocycles. The summed E-state index contributed by atoms with van der Waals surface area (Å²) in [5.74, 6) is 0.279. The van der Waals surface area contributed by atoms with Crippen LogP contribution in [0.2, 0.25) is 0 Å². The van der Waals surface area contributed by atoms with Crippen LogP contribution in [-0.4, -0.2) is 33.0 Å². The van der Waals surface area contributed by atoms with Gasteiger partial charge in [0.1, 0.15) is 0 Å². The molecule has 0 aliphatic carbocycles. The lowest BCUT2D eigenvalue weighted by atomic mass is 10.0. The maximum Gasteiger partial charge on any atom is 0.330 e. The fourth-order valence-electron chi connectivity index (χ4n) is 3.40. The highest BCUT2D eigenvalue weighted by atomic mass is 16.6. The van der Waals surface area contributed by atoms with E-state index < -0.39 is 5.69 Å². The van der Waals surface area contributed by atoms with Crippen molar-refractivity contribution in [1.82, 2.24) is 14.0 Å². The van der Waals surface area contributed by atoms with Gasteiger partial charge in [-0.3, -0.25) is 18.8 Å². The molecule has 0 atom stereocenters. The summed E-state index contributed by atoms with van der Waals surface area (Å²) in [7, 11) is 3.02. The molecule has 0 radical (unpaired) electrons. The minimum absolute atomic E-state index is 0.0171. The first-order valence-electron chi connectivity index (χ1n) is 9.49. The SMILES string of the molecule is Cn1c(CO/N=C(/N)c2ccccc2CN2CCCCC2)cc(=O)n(C)c1=O. The number of aromatic nitrogens is 2. The fourth-order valence-corrected chi connectivity index (χ4v) is 3.40. The van der Waals surface area contributed by atoms with Crippen molar-refractivity contribution in [3.05, 3.63) is 68.0 Å². The van der Waals surface area contributed by atoms with Gasteiger partial charge in [-0.2, -0.15) is 0 Å². The number of oxime groups is 1. The van der Waals surface area contributed by atoms with Gasteiger partial charge in [0.05, 0.1) is 5.69 Å². The second kappa shape index (κ2) is 8.88. The van der Waals surface area contributed by atoms with Crippen molar-refractivity contribution in [1.29, 1.82) is 0 Å². The molecule has 8 heteroatoms. The van der Waals surface area contributed by atoms with Gasteiger partial charge in [0, 0.05) is 32.3 Å². The zero-order valence-electron chi connectivity index (χ0n) is 16.4. The Morgan fingerprint density at radius 2 is 1.82 bits per heavy atom. The Balaban J connectivity index is 1.72. The van der Waals surface area contributed by atoms with Crippen molar-refractivity contribution in [2.24, 2.45) is 25.0 Å². The molecule has 0 unspecified atom stereocenters. The molecule has 1 saturated heterocycles. The van der Waals surface area contributed by atoms with E-state index in [0.29, 0.717) is 5.69 Å². The zero-order chi connectivity index (χ0) is 20.1. The van der Waals surface area contributed by atoms with Crippen LogP contribution in [0.1, 0.15) is 36.1 Å². The Hall–Kier alpha value is -2.87. The summed E-state index contributed by atoms with van der Waals surface area (Å²) in [4.78, 5) is 31.5. The van der Waals surface area contributed by atoms with E-state index in [9.17, 15) is 9.59 Å². The minimum atomic E-state index is -0.407. The second-order valence-electron chi connectivity index (χ2n) is 7.12. The first-order valence-corrected chi connectivity index (χ1v) is 9.49. The standard InChI is InChI=1S/C20H27N5O3/c1-23-16(12-18(26)24(2)20(23)27)14-28-22-19(21)17-9-5-4-8-15(17)13-25-10-6-3-7-11-25/h4-5,8-9,12H,3,6-7,10-11,13-14H2,1-2H3,(H2,21,22). The first-order chi connectivity index (χ1) is 13.5. The van der Waals surface area contributed by atoms with E-state index in [0.717, 1.165) is 35.3 Å². The van der Waals surface area contributed by atoms with Crippen LogP contribution in [0.4, 0.5) is 0 Å². The van der Waals surface area contributed by atoms with Crippen LogP contribution >= 0.6 is 0 Å². The van der Waals surface area contributed by atoms with Gasteiger partial charge in [-0.15, -0.1) is 0 Å². The number of hydrogen-bond acceptors (Lipinski definition) is 5. The Morgan fingerprint density at radius 1 is 1.11 bits per heavy atom. The zero-order valence-corrected chi connectivity index (χ0v) is 16.4. The highest BCUT2D eigenvalue weighted by molar-refractivity contribution is 5.98. The van der Waals surface area contributed by atoms with E-state index >= 15 is 0 Å². The molecule has 2 aromatic rings. The molecule has 150 valence electrons. The Morgan fingerprint density at radius 3 is 2.57 bits per heavy atom. The van der Waals surface area contributed by atoms with Crippen LogP contribution in [0, 0.1) is 0 Å². The third-order valence-corrected chi connectivity index (χ3v) is 5.14. The summed E-state index contributed by atoms with van der Waals surface area (Å²) >= 11 is 0. The predicted octanol–water partition coefficient (Wildman–Crippen LogP) is 0.907. The number of amidine groups is 1. The van der Waals surface area contributed by atoms with Crippen molar-refractivity contribution < 1.29 is 4.84 Å². The monoisotopic (exact) mass is 385 g/mol. The van der Waals surface area contributed by atoms with Gasteiger partial charge in [-0.25, -0.2) is 4.79 Å². The van der Waals surface area contributed by atoms with Crippen LogP contribution in [0.25, 0.3) is 0 Å². The summed E-state index contributed by atoms with van der Waals surface area (Å²) in [5, 5.41) is 4.02. The topological polar surface area (TPSA) is 94.8 Å². The number of nitrogens with zero attached hydrogens (tertiary/aromatic N) is 4. The molecule has 1 fully saturated rings. The molecular weight excluding hydrogens is 358 g/mol. The Labute approximate surface area is 163 Å². The van der Waals surface area contributed by atoms with Gasteiger partial charge in [-0.05, 0) is 31.5 Å². The molecular formula is C20H27N5O3. The maximum atomic E-state index is 12.0. The second-order valence-corrected chi connectivity index (χ2v) is 7.12. The summed E-state index contributed by atoms with van der Waals surface area (Å²) in [5.41, 5.74) is 7.75.